The molecule has 0 spiro atoms. The summed E-state index contributed by atoms with van der Waals surface area (Å²) in [6, 6.07) is 3.21. The number of rotatable bonds is 6. The van der Waals surface area contributed by atoms with E-state index in [1.165, 1.54) is 4.90 Å². The van der Waals surface area contributed by atoms with Crippen molar-refractivity contribution >= 4 is 27.6 Å². The lowest BCUT2D eigenvalue weighted by Crippen LogP contribution is -2.33. The Kier molecular flexibility index (Phi) is 6.60. The minimum atomic E-state index is -0.227. The summed E-state index contributed by atoms with van der Waals surface area (Å²) >= 11 is 3.39. The molecular weight excluding hydrogens is 328 g/mol. The molecule has 1 rings (SSSR count). The molecule has 0 aliphatic rings. The van der Waals surface area contributed by atoms with Crippen molar-refractivity contribution in [2.45, 2.75) is 0 Å². The number of benzene rings is 1. The lowest BCUT2D eigenvalue weighted by atomic mass is 10.2. The first-order valence-corrected chi connectivity index (χ1v) is 6.75. The Morgan fingerprint density at radius 2 is 1.85 bits per heavy atom. The van der Waals surface area contributed by atoms with Crippen molar-refractivity contribution in [3.63, 3.8) is 0 Å². The van der Waals surface area contributed by atoms with E-state index in [1.807, 2.05) is 0 Å². The van der Waals surface area contributed by atoms with Gasteiger partial charge in [0.05, 0.1) is 26.5 Å². The molecule has 7 heteroatoms. The number of halogens is 1. The molecule has 1 aromatic carbocycles. The van der Waals surface area contributed by atoms with Crippen LogP contribution in [0.1, 0.15) is 0 Å². The first kappa shape index (κ1) is 16.6. The summed E-state index contributed by atoms with van der Waals surface area (Å²) in [6.45, 7) is 0.990. The molecule has 0 saturated heterocycles. The Balaban J connectivity index is 2.84. The molecule has 0 unspecified atom stereocenters. The molecule has 0 atom stereocenters. The maximum Gasteiger partial charge on any atom is 0.321 e. The van der Waals surface area contributed by atoms with Crippen LogP contribution in [0.2, 0.25) is 0 Å². The van der Waals surface area contributed by atoms with E-state index in [1.54, 1.807) is 40.5 Å². The fraction of sp³-hybridized carbons (Fsp3) is 0.462. The number of anilines is 1. The lowest BCUT2D eigenvalue weighted by Gasteiger charge is -2.19. The lowest BCUT2D eigenvalue weighted by molar-refractivity contribution is 0.165. The fourth-order valence-corrected chi connectivity index (χ4v) is 1.91. The van der Waals surface area contributed by atoms with Gasteiger partial charge >= 0.3 is 6.03 Å². The summed E-state index contributed by atoms with van der Waals surface area (Å²) in [5.41, 5.74) is 0.608. The summed E-state index contributed by atoms with van der Waals surface area (Å²) in [7, 11) is 6.39. The van der Waals surface area contributed by atoms with Crippen molar-refractivity contribution in [3.05, 3.63) is 16.6 Å². The monoisotopic (exact) mass is 346 g/mol. The van der Waals surface area contributed by atoms with Crippen molar-refractivity contribution in [1.29, 1.82) is 0 Å². The van der Waals surface area contributed by atoms with E-state index >= 15 is 0 Å². The molecule has 0 fully saturated rings. The third-order valence-electron chi connectivity index (χ3n) is 2.69. The van der Waals surface area contributed by atoms with Crippen LogP contribution >= 0.6 is 15.9 Å². The second-order valence-corrected chi connectivity index (χ2v) is 4.89. The number of carbonyl (C=O) groups excluding carboxylic acids is 1. The normalized spacial score (nSPS) is 10.1. The molecule has 112 valence electrons. The van der Waals surface area contributed by atoms with Crippen LogP contribution in [0.5, 0.6) is 11.5 Å². The molecule has 0 radical (unpaired) electrons. The van der Waals surface area contributed by atoms with E-state index in [0.717, 1.165) is 0 Å². The Labute approximate surface area is 127 Å². The molecular formula is C13H19BrN2O4. The number of hydrogen-bond acceptors (Lipinski definition) is 4. The van der Waals surface area contributed by atoms with Crippen molar-refractivity contribution in [1.82, 2.24) is 4.90 Å². The van der Waals surface area contributed by atoms with Gasteiger partial charge in [0.15, 0.2) is 11.5 Å². The van der Waals surface area contributed by atoms with Gasteiger partial charge in [-0.05, 0) is 15.9 Å². The summed E-state index contributed by atoms with van der Waals surface area (Å²) in [5, 5.41) is 2.79. The molecule has 0 bridgehead atoms. The number of nitrogens with one attached hydrogen (secondary N) is 1. The summed E-state index contributed by atoms with van der Waals surface area (Å²) in [5.74, 6) is 1.13. The number of carbonyl (C=O) groups is 1. The van der Waals surface area contributed by atoms with E-state index in [9.17, 15) is 4.79 Å². The third kappa shape index (κ3) is 4.28. The van der Waals surface area contributed by atoms with Gasteiger partial charge in [0.2, 0.25) is 0 Å². The van der Waals surface area contributed by atoms with Gasteiger partial charge in [-0.1, -0.05) is 0 Å². The highest BCUT2D eigenvalue weighted by Gasteiger charge is 2.14. The third-order valence-corrected chi connectivity index (χ3v) is 3.35. The van der Waals surface area contributed by atoms with Crippen LogP contribution in [0.4, 0.5) is 10.5 Å². The highest BCUT2D eigenvalue weighted by Crippen LogP contribution is 2.36. The van der Waals surface area contributed by atoms with Gasteiger partial charge in [-0.25, -0.2) is 4.79 Å². The second-order valence-electron chi connectivity index (χ2n) is 4.03. The quantitative estimate of drug-likeness (QED) is 0.859. The van der Waals surface area contributed by atoms with Crippen LogP contribution in [-0.2, 0) is 4.74 Å². The van der Waals surface area contributed by atoms with Crippen LogP contribution in [0.25, 0.3) is 0 Å². The average molecular weight is 347 g/mol. The van der Waals surface area contributed by atoms with E-state index < -0.39 is 0 Å². The van der Waals surface area contributed by atoms with Crippen molar-refractivity contribution in [3.8, 4) is 11.5 Å². The van der Waals surface area contributed by atoms with Crippen LogP contribution in [0, 0.1) is 0 Å². The molecule has 2 amide bonds. The van der Waals surface area contributed by atoms with Crippen LogP contribution < -0.4 is 14.8 Å². The van der Waals surface area contributed by atoms with Gasteiger partial charge in [-0.2, -0.15) is 0 Å². The minimum absolute atomic E-state index is 0.227. The Bertz CT molecular complexity index is 468. The van der Waals surface area contributed by atoms with E-state index in [-0.39, 0.29) is 6.03 Å². The predicted octanol–water partition coefficient (Wildman–Crippen LogP) is 2.58. The zero-order valence-corrected chi connectivity index (χ0v) is 13.6. The largest absolute Gasteiger partial charge is 0.493 e. The first-order chi connectivity index (χ1) is 9.53. The molecule has 20 heavy (non-hydrogen) atoms. The number of amides is 2. The van der Waals surface area contributed by atoms with Crippen LogP contribution in [0.3, 0.4) is 0 Å². The summed E-state index contributed by atoms with van der Waals surface area (Å²) in [6.07, 6.45) is 0. The molecule has 0 heterocycles. The van der Waals surface area contributed by atoms with Gasteiger partial charge in [-0.3, -0.25) is 0 Å². The first-order valence-electron chi connectivity index (χ1n) is 5.96. The van der Waals surface area contributed by atoms with Gasteiger partial charge in [0.25, 0.3) is 0 Å². The SMILES string of the molecule is COCCN(C)C(=O)Nc1cc(OC)c(OC)cc1Br. The van der Waals surface area contributed by atoms with Crippen LogP contribution in [0.15, 0.2) is 16.6 Å². The van der Waals surface area contributed by atoms with Crippen molar-refractivity contribution < 1.29 is 19.0 Å². The zero-order valence-electron chi connectivity index (χ0n) is 12.0. The van der Waals surface area contributed by atoms with E-state index in [4.69, 9.17) is 14.2 Å². The zero-order chi connectivity index (χ0) is 15.1. The highest BCUT2D eigenvalue weighted by molar-refractivity contribution is 9.10. The maximum atomic E-state index is 12.0. The van der Waals surface area contributed by atoms with Crippen LogP contribution in [-0.4, -0.2) is 52.5 Å². The van der Waals surface area contributed by atoms with Gasteiger partial charge in [0, 0.05) is 37.3 Å². The Morgan fingerprint density at radius 3 is 2.40 bits per heavy atom. The van der Waals surface area contributed by atoms with E-state index in [2.05, 4.69) is 21.2 Å². The number of likely N-dealkylation sites (N-methyl/N-ethyl adjacent to an activating group) is 1. The van der Waals surface area contributed by atoms with Gasteiger partial charge in [0.1, 0.15) is 0 Å². The molecule has 0 aromatic heterocycles. The molecule has 1 aromatic rings. The molecule has 0 aliphatic heterocycles. The minimum Gasteiger partial charge on any atom is -0.493 e. The summed E-state index contributed by atoms with van der Waals surface area (Å²) < 4.78 is 16.0. The Hall–Kier alpha value is -1.47. The van der Waals surface area contributed by atoms with Gasteiger partial charge in [-0.15, -0.1) is 0 Å². The fourth-order valence-electron chi connectivity index (χ4n) is 1.49. The Morgan fingerprint density at radius 1 is 1.25 bits per heavy atom. The van der Waals surface area contributed by atoms with Crippen molar-refractivity contribution in [2.24, 2.45) is 0 Å². The van der Waals surface area contributed by atoms with Crippen molar-refractivity contribution in [2.75, 3.05) is 46.8 Å². The smallest absolute Gasteiger partial charge is 0.321 e. The molecule has 6 nitrogen and oxygen atoms in total. The number of ether oxygens (including phenoxy) is 3. The number of nitrogens with zero attached hydrogens (tertiary/aromatic N) is 1. The topological polar surface area (TPSA) is 60.0 Å². The molecule has 0 aliphatic carbocycles. The van der Waals surface area contributed by atoms with Gasteiger partial charge < -0.3 is 24.4 Å². The average Bonchev–Trinajstić information content (AvgIpc) is 2.45. The number of hydrogen-bond donors (Lipinski definition) is 1. The molecule has 0 saturated carbocycles. The predicted molar refractivity (Wildman–Crippen MR) is 80.8 cm³/mol. The standard InChI is InChI=1S/C13H19BrN2O4/c1-16(5-6-18-2)13(17)15-10-8-12(20-4)11(19-3)7-9(10)14/h7-8H,5-6H2,1-4H3,(H,15,17). The molecule has 1 N–H and O–H groups in total. The highest BCUT2D eigenvalue weighted by atomic mass is 79.9. The second kappa shape index (κ2) is 7.96. The maximum absolute atomic E-state index is 12.0. The number of methoxy groups -OCH3 is 3. The number of urea groups is 1. The summed E-state index contributed by atoms with van der Waals surface area (Å²) in [4.78, 5) is 13.5. The van der Waals surface area contributed by atoms with E-state index in [0.29, 0.717) is 34.8 Å².